The molecular formula is C10H16ClNO2S2. The van der Waals surface area contributed by atoms with Crippen molar-refractivity contribution >= 4 is 32.8 Å². The summed E-state index contributed by atoms with van der Waals surface area (Å²) in [6, 6.07) is 1.66. The molecule has 0 aliphatic carbocycles. The Morgan fingerprint density at radius 3 is 2.75 bits per heavy atom. The van der Waals surface area contributed by atoms with Crippen LogP contribution in [0.1, 0.15) is 30.7 Å². The van der Waals surface area contributed by atoms with Gasteiger partial charge in [-0.15, -0.1) is 11.3 Å². The third-order valence-corrected chi connectivity index (χ3v) is 5.67. The maximum Gasteiger partial charge on any atom is 0.150 e. The van der Waals surface area contributed by atoms with Crippen molar-refractivity contribution in [3.8, 4) is 0 Å². The van der Waals surface area contributed by atoms with Gasteiger partial charge in [-0.1, -0.05) is 18.5 Å². The summed E-state index contributed by atoms with van der Waals surface area (Å²) in [6.07, 6.45) is 1.24. The van der Waals surface area contributed by atoms with Gasteiger partial charge in [0, 0.05) is 16.7 Å². The Labute approximate surface area is 106 Å². The van der Waals surface area contributed by atoms with Crippen LogP contribution in [0, 0.1) is 0 Å². The first kappa shape index (κ1) is 14.0. The minimum absolute atomic E-state index is 0.153. The molecule has 1 aromatic rings. The smallest absolute Gasteiger partial charge is 0.150 e. The zero-order valence-corrected chi connectivity index (χ0v) is 11.5. The van der Waals surface area contributed by atoms with Gasteiger partial charge >= 0.3 is 0 Å². The van der Waals surface area contributed by atoms with Crippen molar-refractivity contribution in [2.75, 3.05) is 11.5 Å². The number of nitrogens with two attached hydrogens (primary N) is 1. The fraction of sp³-hybridized carbons (Fsp3) is 0.600. The van der Waals surface area contributed by atoms with Crippen LogP contribution in [0.2, 0.25) is 5.02 Å². The lowest BCUT2D eigenvalue weighted by Crippen LogP contribution is -2.13. The van der Waals surface area contributed by atoms with Gasteiger partial charge in [-0.2, -0.15) is 0 Å². The van der Waals surface area contributed by atoms with E-state index in [1.54, 1.807) is 6.92 Å². The van der Waals surface area contributed by atoms with Crippen LogP contribution in [0.15, 0.2) is 11.4 Å². The minimum atomic E-state index is -2.88. The molecule has 16 heavy (non-hydrogen) atoms. The number of halogens is 1. The van der Waals surface area contributed by atoms with Crippen LogP contribution in [0.3, 0.4) is 0 Å². The van der Waals surface area contributed by atoms with Crippen molar-refractivity contribution in [3.63, 3.8) is 0 Å². The zero-order chi connectivity index (χ0) is 12.2. The Morgan fingerprint density at radius 2 is 2.25 bits per heavy atom. The number of thiophene rings is 1. The summed E-state index contributed by atoms with van der Waals surface area (Å²) in [5, 5.41) is 2.57. The summed E-state index contributed by atoms with van der Waals surface area (Å²) in [5.41, 5.74) is 5.94. The molecule has 1 unspecified atom stereocenters. The summed E-state index contributed by atoms with van der Waals surface area (Å²) >= 11 is 7.46. The van der Waals surface area contributed by atoms with E-state index < -0.39 is 9.84 Å². The third-order valence-electron chi connectivity index (χ3n) is 2.39. The van der Waals surface area contributed by atoms with Gasteiger partial charge in [0.25, 0.3) is 0 Å². The molecule has 0 aliphatic heterocycles. The average Bonchev–Trinajstić information content (AvgIpc) is 2.64. The first-order valence-corrected chi connectivity index (χ1v) is 8.23. The maximum atomic E-state index is 11.3. The van der Waals surface area contributed by atoms with Crippen molar-refractivity contribution in [3.05, 3.63) is 21.3 Å². The first-order valence-electron chi connectivity index (χ1n) is 5.15. The van der Waals surface area contributed by atoms with E-state index in [2.05, 4.69) is 0 Å². The standard InChI is InChI=1S/C10H16ClNO2S2/c1-2-16(13,14)7-3-4-9(12)10-8(11)5-6-15-10/h5-6,9H,2-4,7,12H2,1H3. The summed E-state index contributed by atoms with van der Waals surface area (Å²) in [6.45, 7) is 1.66. The van der Waals surface area contributed by atoms with Gasteiger partial charge in [-0.3, -0.25) is 0 Å². The second-order valence-electron chi connectivity index (χ2n) is 3.62. The molecule has 1 rings (SSSR count). The van der Waals surface area contributed by atoms with Crippen molar-refractivity contribution < 1.29 is 8.42 Å². The van der Waals surface area contributed by atoms with E-state index in [-0.39, 0.29) is 17.5 Å². The van der Waals surface area contributed by atoms with Crippen LogP contribution < -0.4 is 5.73 Å². The number of sulfone groups is 1. The van der Waals surface area contributed by atoms with E-state index in [1.807, 2.05) is 11.4 Å². The molecule has 0 amide bonds. The molecule has 0 aromatic carbocycles. The van der Waals surface area contributed by atoms with E-state index in [0.29, 0.717) is 17.9 Å². The predicted octanol–water partition coefficient (Wildman–Crippen LogP) is 2.62. The molecule has 0 fully saturated rings. The van der Waals surface area contributed by atoms with Gasteiger partial charge in [0.15, 0.2) is 0 Å². The van der Waals surface area contributed by atoms with Gasteiger partial charge < -0.3 is 5.73 Å². The lowest BCUT2D eigenvalue weighted by molar-refractivity contribution is 0.585. The summed E-state index contributed by atoms with van der Waals surface area (Å²) in [5.74, 6) is 0.405. The Kier molecular flexibility index (Phi) is 5.24. The Bertz CT molecular complexity index is 428. The highest BCUT2D eigenvalue weighted by Crippen LogP contribution is 2.29. The van der Waals surface area contributed by atoms with Crippen molar-refractivity contribution in [1.29, 1.82) is 0 Å². The van der Waals surface area contributed by atoms with E-state index in [9.17, 15) is 8.42 Å². The fourth-order valence-corrected chi connectivity index (χ4v) is 3.50. The molecule has 1 atom stereocenters. The highest BCUT2D eigenvalue weighted by atomic mass is 35.5. The summed E-state index contributed by atoms with van der Waals surface area (Å²) < 4.78 is 22.5. The van der Waals surface area contributed by atoms with Gasteiger partial charge in [0.05, 0.1) is 10.8 Å². The van der Waals surface area contributed by atoms with Crippen LogP contribution in [0.4, 0.5) is 0 Å². The molecule has 6 heteroatoms. The molecule has 0 saturated heterocycles. The molecule has 0 saturated carbocycles. The van der Waals surface area contributed by atoms with Crippen LogP contribution in [0.25, 0.3) is 0 Å². The lowest BCUT2D eigenvalue weighted by atomic mass is 10.1. The van der Waals surface area contributed by atoms with Gasteiger partial charge in [0.1, 0.15) is 9.84 Å². The van der Waals surface area contributed by atoms with Gasteiger partial charge in [-0.05, 0) is 24.3 Å². The largest absolute Gasteiger partial charge is 0.323 e. The van der Waals surface area contributed by atoms with Crippen LogP contribution in [-0.4, -0.2) is 19.9 Å². The van der Waals surface area contributed by atoms with E-state index in [4.69, 9.17) is 17.3 Å². The van der Waals surface area contributed by atoms with Crippen LogP contribution >= 0.6 is 22.9 Å². The molecule has 92 valence electrons. The molecule has 0 bridgehead atoms. The lowest BCUT2D eigenvalue weighted by Gasteiger charge is -2.09. The molecular weight excluding hydrogens is 266 g/mol. The molecule has 0 spiro atoms. The molecule has 1 heterocycles. The second kappa shape index (κ2) is 6.00. The number of rotatable bonds is 6. The highest BCUT2D eigenvalue weighted by Gasteiger charge is 2.13. The van der Waals surface area contributed by atoms with Crippen LogP contribution in [-0.2, 0) is 9.84 Å². The fourth-order valence-electron chi connectivity index (χ4n) is 1.37. The molecule has 1 aromatic heterocycles. The number of hydrogen-bond donors (Lipinski definition) is 1. The van der Waals surface area contributed by atoms with Crippen molar-refractivity contribution in [2.45, 2.75) is 25.8 Å². The quantitative estimate of drug-likeness (QED) is 0.872. The topological polar surface area (TPSA) is 60.2 Å². The van der Waals surface area contributed by atoms with Gasteiger partial charge in [-0.25, -0.2) is 8.42 Å². The highest BCUT2D eigenvalue weighted by molar-refractivity contribution is 7.91. The average molecular weight is 282 g/mol. The van der Waals surface area contributed by atoms with Crippen molar-refractivity contribution in [2.24, 2.45) is 5.73 Å². The molecule has 0 radical (unpaired) electrons. The van der Waals surface area contributed by atoms with E-state index >= 15 is 0 Å². The Balaban J connectivity index is 2.43. The Hall–Kier alpha value is -0.100. The monoisotopic (exact) mass is 281 g/mol. The van der Waals surface area contributed by atoms with E-state index in [1.165, 1.54) is 11.3 Å². The number of hydrogen-bond acceptors (Lipinski definition) is 4. The Morgan fingerprint density at radius 1 is 1.56 bits per heavy atom. The molecule has 3 nitrogen and oxygen atoms in total. The zero-order valence-electron chi connectivity index (χ0n) is 9.15. The maximum absolute atomic E-state index is 11.3. The summed E-state index contributed by atoms with van der Waals surface area (Å²) in [7, 11) is -2.88. The normalized spacial score (nSPS) is 13.9. The predicted molar refractivity (Wildman–Crippen MR) is 69.8 cm³/mol. The van der Waals surface area contributed by atoms with Gasteiger partial charge in [0.2, 0.25) is 0 Å². The SMILES string of the molecule is CCS(=O)(=O)CCCC(N)c1sccc1Cl. The second-order valence-corrected chi connectivity index (χ2v) is 7.45. The van der Waals surface area contributed by atoms with Crippen molar-refractivity contribution in [1.82, 2.24) is 0 Å². The minimum Gasteiger partial charge on any atom is -0.323 e. The first-order chi connectivity index (χ1) is 7.46. The summed E-state index contributed by atoms with van der Waals surface area (Å²) in [4.78, 5) is 0.940. The van der Waals surface area contributed by atoms with E-state index in [0.717, 1.165) is 4.88 Å². The van der Waals surface area contributed by atoms with Crippen LogP contribution in [0.5, 0.6) is 0 Å². The molecule has 2 N–H and O–H groups in total. The molecule has 0 aliphatic rings. The third kappa shape index (κ3) is 4.05.